The summed E-state index contributed by atoms with van der Waals surface area (Å²) < 4.78 is 33.1. The van der Waals surface area contributed by atoms with Crippen LogP contribution in [0.15, 0.2) is 78.9 Å². The van der Waals surface area contributed by atoms with Crippen molar-refractivity contribution in [3.63, 3.8) is 0 Å². The summed E-state index contributed by atoms with van der Waals surface area (Å²) in [7, 11) is 0. The van der Waals surface area contributed by atoms with Crippen LogP contribution in [0.25, 0.3) is 0 Å². The molecule has 0 radical (unpaired) electrons. The van der Waals surface area contributed by atoms with Gasteiger partial charge in [0.25, 0.3) is 0 Å². The summed E-state index contributed by atoms with van der Waals surface area (Å²) >= 11 is -1.94. The molecule has 0 atom stereocenters. The predicted molar refractivity (Wildman–Crippen MR) is 127 cm³/mol. The van der Waals surface area contributed by atoms with Crippen molar-refractivity contribution < 1.29 is 23.7 Å². The van der Waals surface area contributed by atoms with Crippen LogP contribution in [0.5, 0.6) is 11.5 Å². The van der Waals surface area contributed by atoms with Crippen molar-refractivity contribution in [1.82, 2.24) is 0 Å². The number of hydrogen-bond donors (Lipinski definition) is 0. The van der Waals surface area contributed by atoms with E-state index in [1.807, 2.05) is 12.1 Å². The average Bonchev–Trinajstić information content (AvgIpc) is 2.84. The zero-order valence-corrected chi connectivity index (χ0v) is 20.0. The van der Waals surface area contributed by atoms with E-state index < -0.39 is 14.7 Å². The molecule has 0 bridgehead atoms. The van der Waals surface area contributed by atoms with Gasteiger partial charge in [-0.2, -0.15) is 0 Å². The van der Waals surface area contributed by atoms with Crippen molar-refractivity contribution in [2.24, 2.45) is 0 Å². The standard InChI is InChI=1S/C26H29AsO5/c1-2-8-22(9-3-1)27-23-10-4-6-12-25(23)31-20-18-29-16-14-28-15-17-30-19-21-32-26-13-7-5-11-24(26)27/h1-13H,14-21H2. The van der Waals surface area contributed by atoms with Crippen molar-refractivity contribution in [2.45, 2.75) is 0 Å². The molecule has 0 aromatic heterocycles. The van der Waals surface area contributed by atoms with Gasteiger partial charge in [-0.05, 0) is 0 Å². The third-order valence-corrected chi connectivity index (χ3v) is 10.2. The van der Waals surface area contributed by atoms with Gasteiger partial charge in [-0.25, -0.2) is 0 Å². The van der Waals surface area contributed by atoms with E-state index in [0.717, 1.165) is 11.5 Å². The summed E-state index contributed by atoms with van der Waals surface area (Å²) in [5.74, 6) is 1.82. The van der Waals surface area contributed by atoms with Gasteiger partial charge in [0.05, 0.1) is 0 Å². The van der Waals surface area contributed by atoms with Gasteiger partial charge < -0.3 is 0 Å². The van der Waals surface area contributed by atoms with E-state index >= 15 is 0 Å². The molecule has 0 amide bonds. The van der Waals surface area contributed by atoms with Crippen molar-refractivity contribution in [3.8, 4) is 11.5 Å². The second kappa shape index (κ2) is 12.7. The first-order valence-corrected chi connectivity index (χ1v) is 13.8. The molecular formula is C26H29AsO5. The Bertz CT molecular complexity index is 892. The zero-order chi connectivity index (χ0) is 21.8. The van der Waals surface area contributed by atoms with Gasteiger partial charge >= 0.3 is 195 Å². The number of para-hydroxylation sites is 2. The summed E-state index contributed by atoms with van der Waals surface area (Å²) in [5, 5.41) is 0. The van der Waals surface area contributed by atoms with E-state index in [1.54, 1.807) is 0 Å². The monoisotopic (exact) mass is 496 g/mol. The Balaban J connectivity index is 1.70. The van der Waals surface area contributed by atoms with Crippen molar-refractivity contribution in [3.05, 3.63) is 78.9 Å². The predicted octanol–water partition coefficient (Wildman–Crippen LogP) is 2.02. The van der Waals surface area contributed by atoms with Crippen LogP contribution in [0.3, 0.4) is 0 Å². The molecule has 0 unspecified atom stereocenters. The maximum absolute atomic E-state index is 6.21. The fraction of sp³-hybridized carbons (Fsp3) is 0.308. The fourth-order valence-corrected chi connectivity index (χ4v) is 8.67. The van der Waals surface area contributed by atoms with Crippen LogP contribution in [0.1, 0.15) is 0 Å². The van der Waals surface area contributed by atoms with Gasteiger partial charge in [-0.1, -0.05) is 0 Å². The molecule has 0 fully saturated rings. The Labute approximate surface area is 194 Å². The Morgan fingerprint density at radius 1 is 0.438 bits per heavy atom. The fourth-order valence-electron chi connectivity index (χ4n) is 3.48. The third-order valence-electron chi connectivity index (χ3n) is 4.94. The molecule has 5 nitrogen and oxygen atoms in total. The topological polar surface area (TPSA) is 46.2 Å². The molecule has 0 saturated carbocycles. The molecule has 0 spiro atoms. The zero-order valence-electron chi connectivity index (χ0n) is 18.2. The van der Waals surface area contributed by atoms with Crippen LogP contribution in [-0.4, -0.2) is 67.5 Å². The van der Waals surface area contributed by atoms with Crippen molar-refractivity contribution in [1.29, 1.82) is 0 Å². The molecule has 1 heterocycles. The van der Waals surface area contributed by atoms with Gasteiger partial charge in [0.1, 0.15) is 0 Å². The van der Waals surface area contributed by atoms with Crippen LogP contribution in [0.4, 0.5) is 0 Å². The van der Waals surface area contributed by atoms with Gasteiger partial charge in [0.15, 0.2) is 0 Å². The van der Waals surface area contributed by atoms with Crippen molar-refractivity contribution in [2.75, 3.05) is 52.9 Å². The number of benzene rings is 3. The van der Waals surface area contributed by atoms with Gasteiger partial charge in [-0.3, -0.25) is 0 Å². The first-order chi connectivity index (χ1) is 15.9. The quantitative estimate of drug-likeness (QED) is 0.483. The van der Waals surface area contributed by atoms with Gasteiger partial charge in [0.2, 0.25) is 0 Å². The third kappa shape index (κ3) is 6.36. The molecule has 3 aromatic rings. The van der Waals surface area contributed by atoms with E-state index in [2.05, 4.69) is 66.7 Å². The summed E-state index contributed by atoms with van der Waals surface area (Å²) in [6, 6.07) is 27.4. The Morgan fingerprint density at radius 2 is 0.844 bits per heavy atom. The average molecular weight is 496 g/mol. The van der Waals surface area contributed by atoms with Crippen LogP contribution >= 0.6 is 0 Å². The van der Waals surface area contributed by atoms with E-state index in [1.165, 1.54) is 13.1 Å². The maximum atomic E-state index is 6.21. The Kier molecular flexibility index (Phi) is 9.05. The van der Waals surface area contributed by atoms with Crippen molar-refractivity contribution >= 4 is 27.7 Å². The van der Waals surface area contributed by atoms with E-state index in [4.69, 9.17) is 23.7 Å². The van der Waals surface area contributed by atoms with Gasteiger partial charge in [-0.15, -0.1) is 0 Å². The summed E-state index contributed by atoms with van der Waals surface area (Å²) in [6.07, 6.45) is 0. The molecule has 6 heteroatoms. The molecule has 0 aliphatic carbocycles. The first-order valence-electron chi connectivity index (χ1n) is 11.0. The molecular weight excluding hydrogens is 467 g/mol. The van der Waals surface area contributed by atoms with Crippen LogP contribution in [0.2, 0.25) is 0 Å². The molecule has 168 valence electrons. The Hall–Kier alpha value is -2.30. The SMILES string of the molecule is c1ccc([As]2c3ccccc3OCCOCCOCCOCCOc3ccccc32)cc1. The molecule has 4 rings (SSSR count). The van der Waals surface area contributed by atoms with E-state index in [0.29, 0.717) is 52.9 Å². The Morgan fingerprint density at radius 3 is 1.34 bits per heavy atom. The number of ether oxygens (including phenoxy) is 5. The number of rotatable bonds is 1. The molecule has 0 saturated heterocycles. The first kappa shape index (κ1) is 22.9. The van der Waals surface area contributed by atoms with Gasteiger partial charge in [0, 0.05) is 0 Å². The minimum absolute atomic E-state index is 0.495. The van der Waals surface area contributed by atoms with Crippen LogP contribution < -0.4 is 22.5 Å². The van der Waals surface area contributed by atoms with E-state index in [9.17, 15) is 0 Å². The summed E-state index contributed by atoms with van der Waals surface area (Å²) in [6.45, 7) is 4.22. The minimum atomic E-state index is -1.94. The molecule has 1 aliphatic rings. The second-order valence-electron chi connectivity index (χ2n) is 7.14. The summed E-state index contributed by atoms with van der Waals surface area (Å²) in [5.41, 5.74) is 0. The van der Waals surface area contributed by atoms with Crippen LogP contribution in [-0.2, 0) is 14.2 Å². The number of hydrogen-bond acceptors (Lipinski definition) is 5. The van der Waals surface area contributed by atoms with Crippen LogP contribution in [0, 0.1) is 0 Å². The molecule has 1 aliphatic heterocycles. The number of fused-ring (bicyclic) bond motifs is 2. The molecule has 32 heavy (non-hydrogen) atoms. The normalized spacial score (nSPS) is 17.0. The second-order valence-corrected chi connectivity index (χ2v) is 11.7. The summed E-state index contributed by atoms with van der Waals surface area (Å²) in [4.78, 5) is 0. The molecule has 3 aromatic carbocycles. The van der Waals surface area contributed by atoms with E-state index in [-0.39, 0.29) is 0 Å². The molecule has 0 N–H and O–H groups in total.